The van der Waals surface area contributed by atoms with Crippen LogP contribution in [0.15, 0.2) is 78.2 Å². The van der Waals surface area contributed by atoms with E-state index in [0.717, 1.165) is 31.6 Å². The van der Waals surface area contributed by atoms with E-state index in [1.54, 1.807) is 29.3 Å². The molecule has 206 valence electrons. The molecule has 0 bridgehead atoms. The second-order valence-corrected chi connectivity index (χ2v) is 11.2. The van der Waals surface area contributed by atoms with Crippen LogP contribution in [0.4, 0.5) is 22.7 Å². The number of aliphatic hydroxyl groups excluding tert-OH is 1. The lowest BCUT2D eigenvalue weighted by Gasteiger charge is -2.40. The van der Waals surface area contributed by atoms with Crippen molar-refractivity contribution in [1.29, 1.82) is 0 Å². The molecule has 0 saturated carbocycles. The van der Waals surface area contributed by atoms with Gasteiger partial charge < -0.3 is 15.4 Å². The third-order valence-electron chi connectivity index (χ3n) is 7.78. The molecule has 0 aliphatic carbocycles. The van der Waals surface area contributed by atoms with Gasteiger partial charge in [-0.2, -0.15) is 0 Å². The fourth-order valence-electron chi connectivity index (χ4n) is 5.73. The van der Waals surface area contributed by atoms with Gasteiger partial charge in [0.2, 0.25) is 5.91 Å². The number of rotatable bonds is 7. The molecule has 4 heterocycles. The molecule has 0 radical (unpaired) electrons. The van der Waals surface area contributed by atoms with Crippen molar-refractivity contribution in [2.45, 2.75) is 37.5 Å². The summed E-state index contributed by atoms with van der Waals surface area (Å²) >= 11 is 1.40. The summed E-state index contributed by atoms with van der Waals surface area (Å²) in [5.74, 6) is -1.49. The van der Waals surface area contributed by atoms with Crippen molar-refractivity contribution in [2.75, 3.05) is 28.3 Å². The number of carbonyl (C=O) groups excluding carboxylic acids is 2. The number of anilines is 3. The van der Waals surface area contributed by atoms with Crippen molar-refractivity contribution in [3.8, 4) is 0 Å². The summed E-state index contributed by atoms with van der Waals surface area (Å²) in [4.78, 5) is 42.5. The molecule has 6 rings (SSSR count). The largest absolute Gasteiger partial charge is 0.386 e. The minimum atomic E-state index is -0.969. The van der Waals surface area contributed by atoms with E-state index < -0.39 is 34.9 Å². The molecule has 2 saturated heterocycles. The number of nitro groups is 1. The van der Waals surface area contributed by atoms with Crippen LogP contribution < -0.4 is 15.2 Å². The van der Waals surface area contributed by atoms with Gasteiger partial charge in [-0.05, 0) is 67.1 Å². The molecular weight excluding hydrogens is 530 g/mol. The number of nitrogens with zero attached hydrogens (tertiary/aromatic N) is 4. The highest BCUT2D eigenvalue weighted by Crippen LogP contribution is 2.39. The molecule has 3 aromatic rings. The lowest BCUT2D eigenvalue weighted by atomic mass is 9.92. The normalized spacial score (nSPS) is 23.8. The molecule has 1 aromatic heterocycles. The molecule has 11 heteroatoms. The predicted molar refractivity (Wildman–Crippen MR) is 153 cm³/mol. The Balaban J connectivity index is 1.31. The van der Waals surface area contributed by atoms with Crippen LogP contribution >= 0.6 is 11.3 Å². The third-order valence-corrected chi connectivity index (χ3v) is 8.72. The van der Waals surface area contributed by atoms with Gasteiger partial charge in [0.05, 0.1) is 22.6 Å². The molecule has 40 heavy (non-hydrogen) atoms. The van der Waals surface area contributed by atoms with Gasteiger partial charge >= 0.3 is 0 Å². The molecule has 3 aliphatic rings. The lowest BCUT2D eigenvalue weighted by Crippen LogP contribution is -2.55. The maximum Gasteiger partial charge on any atom is 0.269 e. The van der Waals surface area contributed by atoms with Crippen LogP contribution in [0.3, 0.4) is 0 Å². The first-order chi connectivity index (χ1) is 19.4. The standard InChI is InChI=1S/C29H29N5O5S/c35-27(25-5-4-18-40-25)24-15-14-23-26(33(24)30-19-6-8-22(9-7-19)34(38)39)29(37)32(28(23)36)21-12-10-20(11-13-21)31-16-2-1-3-17-31/h4-15,18,23-24,26-27,30,35H,1-3,16-17H2/t23?,24-,26+,27+/m1/s1. The Kier molecular flexibility index (Phi) is 7.09. The Bertz CT molecular complexity index is 1420. The molecule has 1 unspecified atom stereocenters. The number of amides is 2. The van der Waals surface area contributed by atoms with E-state index in [2.05, 4.69) is 10.3 Å². The second kappa shape index (κ2) is 10.8. The van der Waals surface area contributed by atoms with E-state index in [4.69, 9.17) is 0 Å². The van der Waals surface area contributed by atoms with Crippen LogP contribution in [0.1, 0.15) is 30.2 Å². The first-order valence-electron chi connectivity index (χ1n) is 13.3. The van der Waals surface area contributed by atoms with E-state index in [9.17, 15) is 24.8 Å². The Labute approximate surface area is 235 Å². The molecule has 4 atom stereocenters. The van der Waals surface area contributed by atoms with Crippen molar-refractivity contribution >= 4 is 45.9 Å². The average Bonchev–Trinajstić information content (AvgIpc) is 3.61. The topological polar surface area (TPSA) is 119 Å². The number of nitro benzene ring substituents is 1. The molecule has 2 N–H and O–H groups in total. The van der Waals surface area contributed by atoms with Gasteiger partial charge in [-0.25, -0.2) is 9.91 Å². The highest BCUT2D eigenvalue weighted by atomic mass is 32.1. The van der Waals surface area contributed by atoms with Crippen LogP contribution in [0.2, 0.25) is 0 Å². The Hall–Kier alpha value is -4.06. The Morgan fingerprint density at radius 2 is 1.62 bits per heavy atom. The predicted octanol–water partition coefficient (Wildman–Crippen LogP) is 4.51. The maximum atomic E-state index is 13.9. The number of fused-ring (bicyclic) bond motifs is 1. The molecule has 2 amide bonds. The fraction of sp³-hybridized carbons (Fsp3) is 0.310. The Morgan fingerprint density at radius 1 is 0.925 bits per heavy atom. The number of aliphatic hydroxyl groups is 1. The van der Waals surface area contributed by atoms with Crippen molar-refractivity contribution < 1.29 is 19.6 Å². The fourth-order valence-corrected chi connectivity index (χ4v) is 6.48. The molecule has 2 aromatic carbocycles. The number of thiophene rings is 1. The number of hydrogen-bond acceptors (Lipinski definition) is 9. The summed E-state index contributed by atoms with van der Waals surface area (Å²) in [5, 5.41) is 25.9. The van der Waals surface area contributed by atoms with Crippen LogP contribution in [-0.2, 0) is 9.59 Å². The molecule has 0 spiro atoms. The zero-order chi connectivity index (χ0) is 27.8. The van der Waals surface area contributed by atoms with Gasteiger partial charge in [0.15, 0.2) is 0 Å². The van der Waals surface area contributed by atoms with Crippen molar-refractivity contribution in [1.82, 2.24) is 5.01 Å². The maximum absolute atomic E-state index is 13.9. The van der Waals surface area contributed by atoms with E-state index in [1.165, 1.54) is 34.8 Å². The number of nitrogens with one attached hydrogen (secondary N) is 1. The van der Waals surface area contributed by atoms with Gasteiger partial charge in [0.25, 0.3) is 11.6 Å². The molecular formula is C29H29N5O5S. The Morgan fingerprint density at radius 3 is 2.27 bits per heavy atom. The van der Waals surface area contributed by atoms with Gasteiger partial charge in [0, 0.05) is 41.5 Å². The number of imide groups is 1. The van der Waals surface area contributed by atoms with E-state index in [-0.39, 0.29) is 11.6 Å². The minimum absolute atomic E-state index is 0.0663. The lowest BCUT2D eigenvalue weighted by molar-refractivity contribution is -0.384. The molecule has 3 aliphatic heterocycles. The SMILES string of the molecule is O=C1C2C=C[C@H]([C@H](O)c3cccs3)N(Nc3ccc([N+](=O)[O-])cc3)[C@@H]2C(=O)N1c1ccc(N2CCCCC2)cc1. The molecule has 2 fully saturated rings. The van der Waals surface area contributed by atoms with Crippen molar-refractivity contribution in [2.24, 2.45) is 5.92 Å². The van der Waals surface area contributed by atoms with Gasteiger partial charge in [-0.1, -0.05) is 18.2 Å². The quantitative estimate of drug-likeness (QED) is 0.188. The first-order valence-corrected chi connectivity index (χ1v) is 14.2. The van der Waals surface area contributed by atoms with Gasteiger partial charge in [-0.15, -0.1) is 11.3 Å². The molecule has 10 nitrogen and oxygen atoms in total. The number of piperidine rings is 1. The minimum Gasteiger partial charge on any atom is -0.386 e. The van der Waals surface area contributed by atoms with Gasteiger partial charge in [-0.3, -0.25) is 19.7 Å². The summed E-state index contributed by atoms with van der Waals surface area (Å²) in [6.45, 7) is 1.99. The monoisotopic (exact) mass is 559 g/mol. The zero-order valence-electron chi connectivity index (χ0n) is 21.6. The number of benzene rings is 2. The van der Waals surface area contributed by atoms with E-state index in [0.29, 0.717) is 16.3 Å². The summed E-state index contributed by atoms with van der Waals surface area (Å²) in [6.07, 6.45) is 6.02. The summed E-state index contributed by atoms with van der Waals surface area (Å²) in [5.41, 5.74) is 5.18. The summed E-state index contributed by atoms with van der Waals surface area (Å²) < 4.78 is 0. The highest BCUT2D eigenvalue weighted by molar-refractivity contribution is 7.10. The van der Waals surface area contributed by atoms with Crippen LogP contribution in [0.25, 0.3) is 0 Å². The summed E-state index contributed by atoms with van der Waals surface area (Å²) in [6, 6.07) is 15.4. The van der Waals surface area contributed by atoms with Crippen LogP contribution in [0.5, 0.6) is 0 Å². The number of non-ortho nitro benzene ring substituents is 1. The average molecular weight is 560 g/mol. The first kappa shape index (κ1) is 26.2. The van der Waals surface area contributed by atoms with Crippen LogP contribution in [-0.4, -0.2) is 52.0 Å². The highest BCUT2D eigenvalue weighted by Gasteiger charge is 2.54. The smallest absolute Gasteiger partial charge is 0.269 e. The van der Waals surface area contributed by atoms with E-state index in [1.807, 2.05) is 41.8 Å². The van der Waals surface area contributed by atoms with Gasteiger partial charge in [0.1, 0.15) is 12.1 Å². The van der Waals surface area contributed by atoms with E-state index >= 15 is 0 Å². The number of hydrogen-bond donors (Lipinski definition) is 2. The van der Waals surface area contributed by atoms with Crippen molar-refractivity contribution in [3.05, 3.63) is 93.2 Å². The summed E-state index contributed by atoms with van der Waals surface area (Å²) in [7, 11) is 0. The zero-order valence-corrected chi connectivity index (χ0v) is 22.4. The second-order valence-electron chi connectivity index (χ2n) is 10.2. The van der Waals surface area contributed by atoms with Crippen LogP contribution in [0, 0.1) is 16.0 Å². The van der Waals surface area contributed by atoms with Crippen molar-refractivity contribution in [3.63, 3.8) is 0 Å². The third kappa shape index (κ3) is 4.76. The number of carbonyl (C=O) groups is 2. The number of hydrazine groups is 1.